The maximum Gasteiger partial charge on any atom is 0.271 e. The monoisotopic (exact) mass is 232 g/mol. The van der Waals surface area contributed by atoms with Gasteiger partial charge in [0.05, 0.1) is 11.0 Å². The van der Waals surface area contributed by atoms with E-state index in [1.807, 2.05) is 6.07 Å². The molecule has 5 nitrogen and oxygen atoms in total. The fourth-order valence-electron chi connectivity index (χ4n) is 2.01. The van der Waals surface area contributed by atoms with E-state index in [2.05, 4.69) is 0 Å². The average Bonchev–Trinajstić information content (AvgIpc) is 2.82. The Morgan fingerprint density at radius 1 is 1.41 bits per heavy atom. The van der Waals surface area contributed by atoms with Gasteiger partial charge in [0.15, 0.2) is 0 Å². The first kappa shape index (κ1) is 11.4. The molecule has 1 aromatic rings. The number of nitro benzene ring substituents is 1. The van der Waals surface area contributed by atoms with Crippen LogP contribution < -0.4 is 4.74 Å². The lowest BCUT2D eigenvalue weighted by molar-refractivity contribution is -0.384. The molecule has 0 radical (unpaired) electrons. The van der Waals surface area contributed by atoms with E-state index in [0.717, 1.165) is 25.7 Å². The Kier molecular flexibility index (Phi) is 3.24. The number of rotatable bonds is 3. The van der Waals surface area contributed by atoms with Crippen LogP contribution in [0.4, 0.5) is 5.69 Å². The van der Waals surface area contributed by atoms with Crippen LogP contribution in [0.1, 0.15) is 31.2 Å². The van der Waals surface area contributed by atoms with Crippen molar-refractivity contribution in [3.8, 4) is 11.8 Å². The zero-order valence-corrected chi connectivity index (χ0v) is 9.26. The molecule has 1 fully saturated rings. The van der Waals surface area contributed by atoms with Gasteiger partial charge in [0.25, 0.3) is 5.69 Å². The Morgan fingerprint density at radius 2 is 2.12 bits per heavy atom. The lowest BCUT2D eigenvalue weighted by Gasteiger charge is -2.13. The molecule has 1 saturated carbocycles. The first-order valence-electron chi connectivity index (χ1n) is 5.56. The van der Waals surface area contributed by atoms with Gasteiger partial charge in [0, 0.05) is 12.1 Å². The standard InChI is InChI=1S/C12H12N2O3/c13-8-9-7-10(14(15)16)5-6-12(9)17-11-3-1-2-4-11/h5-7,11H,1-4H2. The predicted molar refractivity (Wildman–Crippen MR) is 60.7 cm³/mol. The molecule has 0 spiro atoms. The van der Waals surface area contributed by atoms with E-state index < -0.39 is 4.92 Å². The van der Waals surface area contributed by atoms with Crippen LogP contribution in [0.3, 0.4) is 0 Å². The van der Waals surface area contributed by atoms with Gasteiger partial charge in [-0.15, -0.1) is 0 Å². The molecule has 0 unspecified atom stereocenters. The van der Waals surface area contributed by atoms with E-state index in [4.69, 9.17) is 10.00 Å². The Hall–Kier alpha value is -2.09. The van der Waals surface area contributed by atoms with Crippen LogP contribution >= 0.6 is 0 Å². The first-order chi connectivity index (χ1) is 8.20. The van der Waals surface area contributed by atoms with Gasteiger partial charge in [-0.3, -0.25) is 10.1 Å². The molecule has 1 aliphatic carbocycles. The molecule has 2 rings (SSSR count). The molecule has 0 N–H and O–H groups in total. The minimum Gasteiger partial charge on any atom is -0.489 e. The van der Waals surface area contributed by atoms with E-state index in [1.54, 1.807) is 0 Å². The third kappa shape index (κ3) is 2.53. The SMILES string of the molecule is N#Cc1cc([N+](=O)[O-])ccc1OC1CCCC1. The van der Waals surface area contributed by atoms with Crippen molar-refractivity contribution in [3.05, 3.63) is 33.9 Å². The number of hydrogen-bond acceptors (Lipinski definition) is 4. The Morgan fingerprint density at radius 3 is 2.71 bits per heavy atom. The van der Waals surface area contributed by atoms with E-state index >= 15 is 0 Å². The second-order valence-electron chi connectivity index (χ2n) is 4.07. The highest BCUT2D eigenvalue weighted by molar-refractivity contribution is 5.50. The van der Waals surface area contributed by atoms with Crippen LogP contribution in [0.25, 0.3) is 0 Å². The molecule has 17 heavy (non-hydrogen) atoms. The zero-order chi connectivity index (χ0) is 12.3. The lowest BCUT2D eigenvalue weighted by Crippen LogP contribution is -2.11. The van der Waals surface area contributed by atoms with Gasteiger partial charge in [-0.05, 0) is 31.7 Å². The fourth-order valence-corrected chi connectivity index (χ4v) is 2.01. The van der Waals surface area contributed by atoms with Crippen molar-refractivity contribution in [1.29, 1.82) is 5.26 Å². The van der Waals surface area contributed by atoms with Gasteiger partial charge in [0.1, 0.15) is 17.4 Å². The van der Waals surface area contributed by atoms with Crippen LogP contribution in [0.5, 0.6) is 5.75 Å². The molecule has 0 amide bonds. The van der Waals surface area contributed by atoms with Crippen molar-refractivity contribution in [1.82, 2.24) is 0 Å². The first-order valence-corrected chi connectivity index (χ1v) is 5.56. The summed E-state index contributed by atoms with van der Waals surface area (Å²) in [7, 11) is 0. The lowest BCUT2D eigenvalue weighted by atomic mass is 10.2. The highest BCUT2D eigenvalue weighted by atomic mass is 16.6. The summed E-state index contributed by atoms with van der Waals surface area (Å²) in [6.45, 7) is 0. The summed E-state index contributed by atoms with van der Waals surface area (Å²) in [5.74, 6) is 0.449. The molecule has 1 aromatic carbocycles. The number of hydrogen-bond donors (Lipinski definition) is 0. The minimum absolute atomic E-state index is 0.0830. The van der Waals surface area contributed by atoms with Crippen molar-refractivity contribution >= 4 is 5.69 Å². The highest BCUT2D eigenvalue weighted by Gasteiger charge is 2.19. The molecule has 1 aliphatic rings. The van der Waals surface area contributed by atoms with Crippen molar-refractivity contribution in [2.75, 3.05) is 0 Å². The largest absolute Gasteiger partial charge is 0.489 e. The van der Waals surface area contributed by atoms with Gasteiger partial charge in [0.2, 0.25) is 0 Å². The number of nitriles is 1. The molecule has 88 valence electrons. The van der Waals surface area contributed by atoms with Gasteiger partial charge < -0.3 is 4.74 Å². The number of non-ortho nitro benzene ring substituents is 1. The number of ether oxygens (including phenoxy) is 1. The summed E-state index contributed by atoms with van der Waals surface area (Å²) in [5.41, 5.74) is 0.145. The summed E-state index contributed by atoms with van der Waals surface area (Å²) in [6, 6.07) is 6.06. The quantitative estimate of drug-likeness (QED) is 0.593. The molecule has 0 saturated heterocycles. The van der Waals surface area contributed by atoms with E-state index in [-0.39, 0.29) is 17.4 Å². The highest BCUT2D eigenvalue weighted by Crippen LogP contribution is 2.28. The molecule has 0 atom stereocenters. The maximum atomic E-state index is 10.6. The molecule has 5 heteroatoms. The second-order valence-corrected chi connectivity index (χ2v) is 4.07. The van der Waals surface area contributed by atoms with Gasteiger partial charge >= 0.3 is 0 Å². The third-order valence-corrected chi connectivity index (χ3v) is 2.89. The van der Waals surface area contributed by atoms with E-state index in [1.165, 1.54) is 18.2 Å². The third-order valence-electron chi connectivity index (χ3n) is 2.89. The van der Waals surface area contributed by atoms with Crippen molar-refractivity contribution in [2.24, 2.45) is 0 Å². The normalized spacial score (nSPS) is 15.5. The van der Waals surface area contributed by atoms with Crippen LogP contribution in [0.2, 0.25) is 0 Å². The molecule has 0 aliphatic heterocycles. The summed E-state index contributed by atoms with van der Waals surface area (Å²) in [4.78, 5) is 10.1. The topological polar surface area (TPSA) is 76.2 Å². The van der Waals surface area contributed by atoms with Crippen LogP contribution in [-0.2, 0) is 0 Å². The molecule has 0 heterocycles. The number of benzene rings is 1. The smallest absolute Gasteiger partial charge is 0.271 e. The van der Waals surface area contributed by atoms with Gasteiger partial charge in [-0.25, -0.2) is 0 Å². The summed E-state index contributed by atoms with van der Waals surface area (Å²) in [5, 5.41) is 19.5. The average molecular weight is 232 g/mol. The summed E-state index contributed by atoms with van der Waals surface area (Å²) >= 11 is 0. The van der Waals surface area contributed by atoms with Crippen molar-refractivity contribution in [2.45, 2.75) is 31.8 Å². The minimum atomic E-state index is -0.514. The van der Waals surface area contributed by atoms with Crippen molar-refractivity contribution < 1.29 is 9.66 Å². The Labute approximate surface area is 98.8 Å². The predicted octanol–water partition coefficient (Wildman–Crippen LogP) is 2.79. The van der Waals surface area contributed by atoms with Crippen LogP contribution in [-0.4, -0.2) is 11.0 Å². The van der Waals surface area contributed by atoms with Crippen LogP contribution in [0.15, 0.2) is 18.2 Å². The fraction of sp³-hybridized carbons (Fsp3) is 0.417. The molecule has 0 aromatic heterocycles. The van der Waals surface area contributed by atoms with Gasteiger partial charge in [-0.2, -0.15) is 5.26 Å². The number of nitro groups is 1. The Bertz CT molecular complexity index is 473. The summed E-state index contributed by atoms with van der Waals surface area (Å²) < 4.78 is 5.69. The zero-order valence-electron chi connectivity index (χ0n) is 9.26. The van der Waals surface area contributed by atoms with Gasteiger partial charge in [-0.1, -0.05) is 0 Å². The van der Waals surface area contributed by atoms with E-state index in [0.29, 0.717) is 5.75 Å². The molecule has 0 bridgehead atoms. The Balaban J connectivity index is 2.22. The van der Waals surface area contributed by atoms with E-state index in [9.17, 15) is 10.1 Å². The maximum absolute atomic E-state index is 10.6. The molecular formula is C12H12N2O3. The summed E-state index contributed by atoms with van der Waals surface area (Å²) in [6.07, 6.45) is 4.39. The van der Waals surface area contributed by atoms with Crippen LogP contribution in [0, 0.1) is 21.4 Å². The number of nitrogens with zero attached hydrogens (tertiary/aromatic N) is 2. The van der Waals surface area contributed by atoms with Crippen molar-refractivity contribution in [3.63, 3.8) is 0 Å². The second kappa shape index (κ2) is 4.83. The molecular weight excluding hydrogens is 220 g/mol.